The first kappa shape index (κ1) is 22.1. The van der Waals surface area contributed by atoms with Gasteiger partial charge in [-0.05, 0) is 38.1 Å². The van der Waals surface area contributed by atoms with Gasteiger partial charge in [0.05, 0.1) is 23.2 Å². The summed E-state index contributed by atoms with van der Waals surface area (Å²) in [6.45, 7) is 5.52. The van der Waals surface area contributed by atoms with Crippen LogP contribution in [0.15, 0.2) is 60.7 Å². The third kappa shape index (κ3) is 3.44. The Labute approximate surface area is 191 Å². The average molecular weight is 448 g/mol. The van der Waals surface area contributed by atoms with Gasteiger partial charge in [0.15, 0.2) is 5.60 Å². The summed E-state index contributed by atoms with van der Waals surface area (Å²) in [5.41, 5.74) is 0.318. The highest BCUT2D eigenvalue weighted by atomic mass is 16.6. The molecule has 3 aromatic carbocycles. The molecule has 0 saturated carbocycles. The number of cyclic esters (lactones) is 1. The van der Waals surface area contributed by atoms with Gasteiger partial charge in [-0.25, -0.2) is 4.79 Å². The first-order valence-corrected chi connectivity index (χ1v) is 10.6. The Kier molecular flexibility index (Phi) is 5.68. The van der Waals surface area contributed by atoms with E-state index in [0.717, 1.165) is 18.8 Å². The average Bonchev–Trinajstić information content (AvgIpc) is 3.12. The van der Waals surface area contributed by atoms with E-state index in [1.165, 1.54) is 25.3 Å². The predicted molar refractivity (Wildman–Crippen MR) is 123 cm³/mol. The number of nitro benzene ring substituents is 1. The summed E-state index contributed by atoms with van der Waals surface area (Å²) < 4.78 is 11.5. The molecule has 1 aliphatic heterocycles. The van der Waals surface area contributed by atoms with Gasteiger partial charge < -0.3 is 19.5 Å². The summed E-state index contributed by atoms with van der Waals surface area (Å²) in [4.78, 5) is 26.1. The van der Waals surface area contributed by atoms with Crippen molar-refractivity contribution in [3.63, 3.8) is 0 Å². The third-order valence-corrected chi connectivity index (χ3v) is 6.03. The van der Waals surface area contributed by atoms with Crippen molar-refractivity contribution in [2.45, 2.75) is 19.4 Å². The van der Waals surface area contributed by atoms with E-state index in [1.54, 1.807) is 36.4 Å². The smallest absolute Gasteiger partial charge is 0.340 e. The van der Waals surface area contributed by atoms with Gasteiger partial charge in [0, 0.05) is 48.1 Å². The fourth-order valence-corrected chi connectivity index (χ4v) is 4.45. The number of nitrogens with zero attached hydrogens (tertiary/aromatic N) is 2. The van der Waals surface area contributed by atoms with E-state index in [2.05, 4.69) is 4.90 Å². The summed E-state index contributed by atoms with van der Waals surface area (Å²) in [5.74, 6) is -0.402. The van der Waals surface area contributed by atoms with E-state index in [4.69, 9.17) is 9.47 Å². The predicted octanol–water partition coefficient (Wildman–Crippen LogP) is 4.62. The maximum absolute atomic E-state index is 12.9. The molecule has 0 aromatic heterocycles. The lowest BCUT2D eigenvalue weighted by Gasteiger charge is -2.32. The van der Waals surface area contributed by atoms with Crippen molar-refractivity contribution in [3.05, 3.63) is 93.0 Å². The van der Waals surface area contributed by atoms with E-state index < -0.39 is 16.5 Å². The number of rotatable bonds is 7. The standard InChI is InChI=1S/C25H24N2O6/c1-4-26(5-2)16-10-12-20(22(28)15-16)25(19-9-7-6-8-18(19)24(29)33-25)21-14-17(27(30)31)11-13-23(21)32-3/h6-15,28H,4-5H2,1-3H3. The van der Waals surface area contributed by atoms with Crippen LogP contribution in [0.2, 0.25) is 0 Å². The fraction of sp³-hybridized carbons (Fsp3) is 0.240. The Bertz CT molecular complexity index is 1240. The van der Waals surface area contributed by atoms with E-state index in [1.807, 2.05) is 19.9 Å². The molecule has 1 N–H and O–H groups in total. The van der Waals surface area contributed by atoms with Crippen molar-refractivity contribution in [3.8, 4) is 11.5 Å². The highest BCUT2D eigenvalue weighted by Gasteiger charge is 2.52. The summed E-state index contributed by atoms with van der Waals surface area (Å²) in [6.07, 6.45) is 0. The molecule has 1 unspecified atom stereocenters. The van der Waals surface area contributed by atoms with Gasteiger partial charge in [-0.2, -0.15) is 0 Å². The number of fused-ring (bicyclic) bond motifs is 1. The Balaban J connectivity index is 2.06. The van der Waals surface area contributed by atoms with Gasteiger partial charge in [-0.15, -0.1) is 0 Å². The zero-order valence-electron chi connectivity index (χ0n) is 18.6. The minimum Gasteiger partial charge on any atom is -0.507 e. The lowest BCUT2D eigenvalue weighted by atomic mass is 9.78. The molecule has 3 aromatic rings. The van der Waals surface area contributed by atoms with Gasteiger partial charge in [0.2, 0.25) is 0 Å². The number of non-ortho nitro benzene ring substituents is 1. The van der Waals surface area contributed by atoms with E-state index in [0.29, 0.717) is 11.1 Å². The number of carbonyl (C=O) groups is 1. The van der Waals surface area contributed by atoms with Crippen LogP contribution in [0.1, 0.15) is 40.9 Å². The summed E-state index contributed by atoms with van der Waals surface area (Å²) >= 11 is 0. The van der Waals surface area contributed by atoms with Gasteiger partial charge in [-0.3, -0.25) is 10.1 Å². The second-order valence-corrected chi connectivity index (χ2v) is 7.63. The largest absolute Gasteiger partial charge is 0.507 e. The fourth-order valence-electron chi connectivity index (χ4n) is 4.45. The number of nitro groups is 1. The number of hydrogen-bond donors (Lipinski definition) is 1. The maximum atomic E-state index is 12.9. The highest BCUT2D eigenvalue weighted by Crippen LogP contribution is 2.53. The van der Waals surface area contributed by atoms with Crippen molar-refractivity contribution in [1.29, 1.82) is 0 Å². The number of anilines is 1. The number of esters is 1. The van der Waals surface area contributed by atoms with Gasteiger partial charge in [0.25, 0.3) is 5.69 Å². The van der Waals surface area contributed by atoms with Crippen LogP contribution in [0.4, 0.5) is 11.4 Å². The Morgan fingerprint density at radius 2 is 1.76 bits per heavy atom. The van der Waals surface area contributed by atoms with Crippen LogP contribution >= 0.6 is 0 Å². The molecule has 170 valence electrons. The van der Waals surface area contributed by atoms with Crippen molar-refractivity contribution in [2.75, 3.05) is 25.1 Å². The number of phenolic OH excluding ortho intramolecular Hbond substituents is 1. The molecule has 1 atom stereocenters. The zero-order chi connectivity index (χ0) is 23.8. The van der Waals surface area contributed by atoms with Crippen LogP contribution in [0.3, 0.4) is 0 Å². The number of ether oxygens (including phenoxy) is 2. The number of carbonyl (C=O) groups excluding carboxylic acids is 1. The molecule has 33 heavy (non-hydrogen) atoms. The van der Waals surface area contributed by atoms with Crippen LogP contribution in [-0.4, -0.2) is 36.2 Å². The zero-order valence-corrected chi connectivity index (χ0v) is 18.6. The second-order valence-electron chi connectivity index (χ2n) is 7.63. The second kappa shape index (κ2) is 8.46. The number of hydrogen-bond acceptors (Lipinski definition) is 7. The monoisotopic (exact) mass is 448 g/mol. The Morgan fingerprint density at radius 3 is 2.39 bits per heavy atom. The van der Waals surface area contributed by atoms with Gasteiger partial charge in [0.1, 0.15) is 11.5 Å². The minimum atomic E-state index is -1.63. The molecule has 0 bridgehead atoms. The Hall–Kier alpha value is -4.07. The van der Waals surface area contributed by atoms with E-state index in [-0.39, 0.29) is 28.3 Å². The summed E-state index contributed by atoms with van der Waals surface area (Å²) in [6, 6.07) is 16.1. The Morgan fingerprint density at radius 1 is 1.03 bits per heavy atom. The SMILES string of the molecule is CCN(CC)c1ccc(C2(c3cc([N+](=O)[O-])ccc3OC)OC(=O)c3ccccc32)c(O)c1. The molecular formula is C25H24N2O6. The number of methoxy groups -OCH3 is 1. The number of aromatic hydroxyl groups is 1. The lowest BCUT2D eigenvalue weighted by molar-refractivity contribution is -0.385. The first-order chi connectivity index (χ1) is 15.9. The molecule has 0 radical (unpaired) electrons. The maximum Gasteiger partial charge on any atom is 0.340 e. The number of benzene rings is 3. The van der Waals surface area contributed by atoms with E-state index in [9.17, 15) is 20.0 Å². The van der Waals surface area contributed by atoms with Crippen molar-refractivity contribution in [1.82, 2.24) is 0 Å². The van der Waals surface area contributed by atoms with Crippen LogP contribution in [-0.2, 0) is 10.3 Å². The molecule has 0 aliphatic carbocycles. The van der Waals surface area contributed by atoms with Crippen LogP contribution in [0, 0.1) is 10.1 Å². The molecule has 0 fully saturated rings. The van der Waals surface area contributed by atoms with Crippen LogP contribution in [0.25, 0.3) is 0 Å². The normalized spacial score (nSPS) is 16.8. The summed E-state index contributed by atoms with van der Waals surface area (Å²) in [5, 5.41) is 22.8. The van der Waals surface area contributed by atoms with Crippen LogP contribution < -0.4 is 9.64 Å². The lowest BCUT2D eigenvalue weighted by Crippen LogP contribution is -2.30. The highest BCUT2D eigenvalue weighted by molar-refractivity contribution is 5.96. The van der Waals surface area contributed by atoms with Crippen molar-refractivity contribution < 1.29 is 24.3 Å². The molecule has 0 amide bonds. The van der Waals surface area contributed by atoms with Crippen molar-refractivity contribution >= 4 is 17.3 Å². The quantitative estimate of drug-likeness (QED) is 0.320. The molecule has 8 heteroatoms. The molecular weight excluding hydrogens is 424 g/mol. The molecule has 0 spiro atoms. The summed E-state index contributed by atoms with van der Waals surface area (Å²) in [7, 11) is 1.43. The molecule has 0 saturated heterocycles. The third-order valence-electron chi connectivity index (χ3n) is 6.03. The van der Waals surface area contributed by atoms with Gasteiger partial charge in [-0.1, -0.05) is 18.2 Å². The molecule has 1 aliphatic rings. The number of phenols is 1. The van der Waals surface area contributed by atoms with Crippen LogP contribution in [0.5, 0.6) is 11.5 Å². The van der Waals surface area contributed by atoms with Crippen molar-refractivity contribution in [2.24, 2.45) is 0 Å². The topological polar surface area (TPSA) is 102 Å². The first-order valence-electron chi connectivity index (χ1n) is 10.6. The minimum absolute atomic E-state index is 0.0996. The molecule has 1 heterocycles. The van der Waals surface area contributed by atoms with E-state index >= 15 is 0 Å². The van der Waals surface area contributed by atoms with Gasteiger partial charge >= 0.3 is 5.97 Å². The molecule has 8 nitrogen and oxygen atoms in total. The molecule has 4 rings (SSSR count).